The molecule has 10 heteroatoms. The first-order chi connectivity index (χ1) is 13.9. The standard InChI is InChI=1S/C19H21N3O7/c1-27-17-11-13(19(24)28-2)3-8-16(17)29-12-18(23)21-10-9-20-14-4-6-15(7-5-14)22(25)26/h3-8,11,20H,9-10,12H2,1-2H3,(H,21,23). The number of anilines is 1. The van der Waals surface area contributed by atoms with Crippen molar-refractivity contribution in [2.45, 2.75) is 0 Å². The zero-order valence-electron chi connectivity index (χ0n) is 16.0. The topological polar surface area (TPSA) is 129 Å². The number of carbonyl (C=O) groups excluding carboxylic acids is 2. The molecule has 0 unspecified atom stereocenters. The van der Waals surface area contributed by atoms with E-state index < -0.39 is 10.9 Å². The highest BCUT2D eigenvalue weighted by atomic mass is 16.6. The zero-order valence-corrected chi connectivity index (χ0v) is 16.0. The van der Waals surface area contributed by atoms with Crippen LogP contribution in [0.1, 0.15) is 10.4 Å². The van der Waals surface area contributed by atoms with E-state index in [1.54, 1.807) is 12.1 Å². The molecule has 10 nitrogen and oxygen atoms in total. The lowest BCUT2D eigenvalue weighted by atomic mass is 10.2. The molecule has 0 atom stereocenters. The van der Waals surface area contributed by atoms with Crippen LogP contribution >= 0.6 is 0 Å². The molecular formula is C19H21N3O7. The molecule has 0 spiro atoms. The van der Waals surface area contributed by atoms with Crippen molar-refractivity contribution in [3.63, 3.8) is 0 Å². The third-order valence-electron chi connectivity index (χ3n) is 3.80. The molecule has 2 aromatic carbocycles. The Morgan fingerprint density at radius 2 is 1.76 bits per heavy atom. The third kappa shape index (κ3) is 6.38. The number of nitro benzene ring substituents is 1. The maximum Gasteiger partial charge on any atom is 0.337 e. The Labute approximate surface area is 166 Å². The summed E-state index contributed by atoms with van der Waals surface area (Å²) in [7, 11) is 2.70. The summed E-state index contributed by atoms with van der Waals surface area (Å²) in [6.07, 6.45) is 0. The number of rotatable bonds is 10. The second-order valence-corrected chi connectivity index (χ2v) is 5.73. The molecule has 2 aromatic rings. The average molecular weight is 403 g/mol. The van der Waals surface area contributed by atoms with E-state index in [0.29, 0.717) is 35.8 Å². The van der Waals surface area contributed by atoms with Gasteiger partial charge < -0.3 is 24.8 Å². The van der Waals surface area contributed by atoms with E-state index in [1.807, 2.05) is 0 Å². The highest BCUT2D eigenvalue weighted by molar-refractivity contribution is 5.90. The summed E-state index contributed by atoms with van der Waals surface area (Å²) in [4.78, 5) is 33.6. The summed E-state index contributed by atoms with van der Waals surface area (Å²) < 4.78 is 15.2. The fourth-order valence-electron chi connectivity index (χ4n) is 2.34. The van der Waals surface area contributed by atoms with E-state index in [4.69, 9.17) is 9.47 Å². The molecule has 0 aliphatic carbocycles. The number of hydrogen-bond donors (Lipinski definition) is 2. The van der Waals surface area contributed by atoms with Crippen LogP contribution in [0.25, 0.3) is 0 Å². The molecular weight excluding hydrogens is 382 g/mol. The van der Waals surface area contributed by atoms with Gasteiger partial charge in [-0.25, -0.2) is 4.79 Å². The van der Waals surface area contributed by atoms with Gasteiger partial charge in [0.25, 0.3) is 11.6 Å². The minimum atomic E-state index is -0.506. The number of amides is 1. The van der Waals surface area contributed by atoms with Crippen LogP contribution in [-0.2, 0) is 9.53 Å². The fourth-order valence-corrected chi connectivity index (χ4v) is 2.34. The molecule has 0 saturated heterocycles. The third-order valence-corrected chi connectivity index (χ3v) is 3.80. The summed E-state index contributed by atoms with van der Waals surface area (Å²) in [5.41, 5.74) is 1.02. The molecule has 0 fully saturated rings. The maximum atomic E-state index is 11.9. The van der Waals surface area contributed by atoms with Crippen LogP contribution in [0.3, 0.4) is 0 Å². The number of benzene rings is 2. The Balaban J connectivity index is 1.75. The molecule has 0 heterocycles. The van der Waals surface area contributed by atoms with Crippen LogP contribution in [-0.4, -0.2) is 50.7 Å². The lowest BCUT2D eigenvalue weighted by Crippen LogP contribution is -2.32. The van der Waals surface area contributed by atoms with Crippen molar-refractivity contribution < 1.29 is 28.7 Å². The number of nitro groups is 1. The summed E-state index contributed by atoms with van der Waals surface area (Å²) in [6.45, 7) is 0.532. The van der Waals surface area contributed by atoms with Crippen molar-refractivity contribution in [2.75, 3.05) is 39.2 Å². The minimum Gasteiger partial charge on any atom is -0.493 e. The van der Waals surface area contributed by atoms with E-state index >= 15 is 0 Å². The quantitative estimate of drug-likeness (QED) is 0.267. The van der Waals surface area contributed by atoms with Crippen LogP contribution in [0.2, 0.25) is 0 Å². The van der Waals surface area contributed by atoms with Gasteiger partial charge in [0.2, 0.25) is 0 Å². The second kappa shape index (κ2) is 10.5. The SMILES string of the molecule is COC(=O)c1ccc(OCC(=O)NCCNc2ccc([N+](=O)[O-])cc2)c(OC)c1. The summed E-state index contributed by atoms with van der Waals surface area (Å²) in [5.74, 6) is -0.220. The average Bonchev–Trinajstić information content (AvgIpc) is 2.74. The van der Waals surface area contributed by atoms with Crippen molar-refractivity contribution in [1.82, 2.24) is 5.32 Å². The van der Waals surface area contributed by atoms with E-state index in [9.17, 15) is 19.7 Å². The van der Waals surface area contributed by atoms with Crippen molar-refractivity contribution >= 4 is 23.3 Å². The fraction of sp³-hybridized carbons (Fsp3) is 0.263. The molecule has 0 aliphatic rings. The molecule has 0 saturated carbocycles. The number of hydrogen-bond acceptors (Lipinski definition) is 8. The Morgan fingerprint density at radius 3 is 2.38 bits per heavy atom. The lowest BCUT2D eigenvalue weighted by Gasteiger charge is -2.12. The number of ether oxygens (including phenoxy) is 3. The number of nitrogens with zero attached hydrogens (tertiary/aromatic N) is 1. The monoisotopic (exact) mass is 403 g/mol. The second-order valence-electron chi connectivity index (χ2n) is 5.73. The molecule has 0 radical (unpaired) electrons. The first-order valence-electron chi connectivity index (χ1n) is 8.58. The first-order valence-corrected chi connectivity index (χ1v) is 8.58. The van der Waals surface area contributed by atoms with Gasteiger partial charge in [0.15, 0.2) is 18.1 Å². The van der Waals surface area contributed by atoms with Gasteiger partial charge in [0.1, 0.15) is 0 Å². The van der Waals surface area contributed by atoms with Crippen LogP contribution in [0.5, 0.6) is 11.5 Å². The summed E-state index contributed by atoms with van der Waals surface area (Å²) in [5, 5.41) is 16.3. The van der Waals surface area contributed by atoms with Gasteiger partial charge in [-0.3, -0.25) is 14.9 Å². The molecule has 2 rings (SSSR count). The van der Waals surface area contributed by atoms with Gasteiger partial charge in [0, 0.05) is 30.9 Å². The molecule has 0 aromatic heterocycles. The van der Waals surface area contributed by atoms with Crippen LogP contribution < -0.4 is 20.1 Å². The molecule has 0 bridgehead atoms. The van der Waals surface area contributed by atoms with E-state index in [1.165, 1.54) is 44.6 Å². The predicted octanol–water partition coefficient (Wildman–Crippen LogP) is 2.00. The largest absolute Gasteiger partial charge is 0.493 e. The first kappa shape index (κ1) is 21.5. The van der Waals surface area contributed by atoms with E-state index in [0.717, 1.165) is 0 Å². The predicted molar refractivity (Wildman–Crippen MR) is 104 cm³/mol. The number of nitrogens with one attached hydrogen (secondary N) is 2. The number of methoxy groups -OCH3 is 2. The highest BCUT2D eigenvalue weighted by Crippen LogP contribution is 2.28. The van der Waals surface area contributed by atoms with Gasteiger partial charge >= 0.3 is 5.97 Å². The maximum absolute atomic E-state index is 11.9. The van der Waals surface area contributed by atoms with Crippen molar-refractivity contribution in [3.8, 4) is 11.5 Å². The minimum absolute atomic E-state index is 0.0102. The van der Waals surface area contributed by atoms with E-state index in [-0.39, 0.29) is 18.2 Å². The van der Waals surface area contributed by atoms with Crippen molar-refractivity contribution in [1.29, 1.82) is 0 Å². The molecule has 0 aliphatic heterocycles. The van der Waals surface area contributed by atoms with Gasteiger partial charge in [-0.05, 0) is 30.3 Å². The molecule has 1 amide bonds. The smallest absolute Gasteiger partial charge is 0.337 e. The Kier molecular flexibility index (Phi) is 7.78. The molecule has 154 valence electrons. The van der Waals surface area contributed by atoms with Crippen molar-refractivity contribution in [3.05, 3.63) is 58.1 Å². The number of carbonyl (C=O) groups is 2. The van der Waals surface area contributed by atoms with Crippen molar-refractivity contribution in [2.24, 2.45) is 0 Å². The molecule has 29 heavy (non-hydrogen) atoms. The van der Waals surface area contributed by atoms with Crippen LogP contribution in [0.4, 0.5) is 11.4 Å². The van der Waals surface area contributed by atoms with Gasteiger partial charge in [0.05, 0.1) is 24.7 Å². The highest BCUT2D eigenvalue weighted by Gasteiger charge is 2.12. The zero-order chi connectivity index (χ0) is 21.2. The van der Waals surface area contributed by atoms with Gasteiger partial charge in [-0.15, -0.1) is 0 Å². The lowest BCUT2D eigenvalue weighted by molar-refractivity contribution is -0.384. The number of esters is 1. The Hall–Kier alpha value is -3.82. The Bertz CT molecular complexity index is 869. The van der Waals surface area contributed by atoms with Crippen LogP contribution in [0.15, 0.2) is 42.5 Å². The molecule has 2 N–H and O–H groups in total. The number of non-ortho nitro benzene ring substituents is 1. The Morgan fingerprint density at radius 1 is 1.03 bits per heavy atom. The van der Waals surface area contributed by atoms with E-state index in [2.05, 4.69) is 15.4 Å². The normalized spacial score (nSPS) is 10.0. The van der Waals surface area contributed by atoms with Gasteiger partial charge in [-0.1, -0.05) is 0 Å². The van der Waals surface area contributed by atoms with Gasteiger partial charge in [-0.2, -0.15) is 0 Å². The summed E-state index contributed by atoms with van der Waals surface area (Å²) >= 11 is 0. The summed E-state index contributed by atoms with van der Waals surface area (Å²) in [6, 6.07) is 10.5. The van der Waals surface area contributed by atoms with Crippen LogP contribution in [0, 0.1) is 10.1 Å².